The number of H-pyrrole nitrogens is 1. The first-order valence-corrected chi connectivity index (χ1v) is 8.26. The lowest BCUT2D eigenvalue weighted by Gasteiger charge is -2.22. The third-order valence-electron chi connectivity index (χ3n) is 4.83. The Morgan fingerprint density at radius 3 is 2.79 bits per heavy atom. The van der Waals surface area contributed by atoms with Gasteiger partial charge in [-0.1, -0.05) is 11.6 Å². The van der Waals surface area contributed by atoms with E-state index in [1.807, 2.05) is 0 Å². The molecule has 3 aromatic rings. The lowest BCUT2D eigenvalue weighted by Crippen LogP contribution is -2.28. The molecule has 0 radical (unpaired) electrons. The van der Waals surface area contributed by atoms with Crippen molar-refractivity contribution in [1.82, 2.24) is 4.98 Å². The van der Waals surface area contributed by atoms with Crippen molar-refractivity contribution in [3.63, 3.8) is 0 Å². The lowest BCUT2D eigenvalue weighted by molar-refractivity contribution is -0.120. The molecule has 24 heavy (non-hydrogen) atoms. The van der Waals surface area contributed by atoms with E-state index < -0.39 is 0 Å². The predicted molar refractivity (Wildman–Crippen MR) is 93.6 cm³/mol. The first kappa shape index (κ1) is 14.9. The van der Waals surface area contributed by atoms with Crippen molar-refractivity contribution in [2.24, 2.45) is 5.92 Å². The van der Waals surface area contributed by atoms with E-state index in [1.165, 1.54) is 34.3 Å². The van der Waals surface area contributed by atoms with Crippen LogP contribution in [0.15, 0.2) is 42.5 Å². The van der Waals surface area contributed by atoms with Crippen molar-refractivity contribution in [2.75, 3.05) is 5.32 Å². The fourth-order valence-electron chi connectivity index (χ4n) is 3.53. The number of carbonyl (C=O) groups is 1. The summed E-state index contributed by atoms with van der Waals surface area (Å²) in [5.74, 6) is -0.346. The van der Waals surface area contributed by atoms with Crippen molar-refractivity contribution in [3.05, 3.63) is 65.1 Å². The monoisotopic (exact) mass is 322 g/mol. The number of aryl methyl sites for hydroxylation is 2. The van der Waals surface area contributed by atoms with Crippen LogP contribution in [0.5, 0.6) is 0 Å². The second kappa shape index (κ2) is 5.78. The Morgan fingerprint density at radius 1 is 1.21 bits per heavy atom. The van der Waals surface area contributed by atoms with Gasteiger partial charge < -0.3 is 10.3 Å². The molecule has 1 aliphatic carbocycles. The Labute approximate surface area is 139 Å². The molecule has 1 aromatic heterocycles. The van der Waals surface area contributed by atoms with Crippen LogP contribution in [0.25, 0.3) is 10.9 Å². The molecule has 0 aliphatic heterocycles. The zero-order valence-corrected chi connectivity index (χ0v) is 13.5. The molecule has 4 heteroatoms. The number of benzene rings is 2. The summed E-state index contributed by atoms with van der Waals surface area (Å²) in [5.41, 5.74) is 5.52. The molecule has 122 valence electrons. The number of hydrogen-bond donors (Lipinski definition) is 2. The highest BCUT2D eigenvalue weighted by Gasteiger charge is 2.27. The Morgan fingerprint density at radius 2 is 2.00 bits per heavy atom. The minimum absolute atomic E-state index is 0.00858. The lowest BCUT2D eigenvalue weighted by atomic mass is 9.85. The molecule has 0 fully saturated rings. The summed E-state index contributed by atoms with van der Waals surface area (Å²) in [4.78, 5) is 16.1. The third kappa shape index (κ3) is 2.68. The van der Waals surface area contributed by atoms with Crippen LogP contribution in [0, 0.1) is 18.7 Å². The maximum Gasteiger partial charge on any atom is 0.227 e. The van der Waals surface area contributed by atoms with E-state index in [4.69, 9.17) is 0 Å². The summed E-state index contributed by atoms with van der Waals surface area (Å²) in [6.45, 7) is 2.08. The summed E-state index contributed by atoms with van der Waals surface area (Å²) in [6.07, 6.45) is 2.45. The van der Waals surface area contributed by atoms with Gasteiger partial charge in [0, 0.05) is 28.2 Å². The maximum atomic E-state index is 13.0. The largest absolute Gasteiger partial charge is 0.358 e. The first-order valence-electron chi connectivity index (χ1n) is 8.26. The van der Waals surface area contributed by atoms with Gasteiger partial charge in [0.25, 0.3) is 0 Å². The van der Waals surface area contributed by atoms with Crippen molar-refractivity contribution < 1.29 is 9.18 Å². The van der Waals surface area contributed by atoms with Gasteiger partial charge in [0.15, 0.2) is 0 Å². The molecule has 3 nitrogen and oxygen atoms in total. The van der Waals surface area contributed by atoms with Crippen LogP contribution in [0.3, 0.4) is 0 Å². The predicted octanol–water partition coefficient (Wildman–Crippen LogP) is 4.36. The average Bonchev–Trinajstić information content (AvgIpc) is 2.94. The van der Waals surface area contributed by atoms with Crippen molar-refractivity contribution >= 4 is 22.5 Å². The Bertz CT molecular complexity index is 911. The zero-order chi connectivity index (χ0) is 16.7. The minimum atomic E-state index is -0.301. The molecule has 0 saturated heterocycles. The zero-order valence-electron chi connectivity index (χ0n) is 13.5. The maximum absolute atomic E-state index is 13.0. The molecule has 4 rings (SSSR count). The minimum Gasteiger partial charge on any atom is -0.358 e. The molecule has 0 saturated carbocycles. The number of aromatic amines is 1. The summed E-state index contributed by atoms with van der Waals surface area (Å²) in [6, 6.07) is 12.3. The molecule has 2 N–H and O–H groups in total. The number of aromatic nitrogens is 1. The molecule has 2 aromatic carbocycles. The standard InChI is InChI=1S/C20H19FN2O/c1-12-2-8-18-16(10-12)17-11-13(3-9-19(17)23-18)20(24)22-15-6-4-14(21)5-7-15/h2,4-8,10,13,23H,3,9,11H2,1H3,(H,22,24). The van der Waals surface area contributed by atoms with E-state index in [-0.39, 0.29) is 17.6 Å². The Kier molecular flexibility index (Phi) is 3.60. The number of anilines is 1. The van der Waals surface area contributed by atoms with Crippen LogP contribution in [0.4, 0.5) is 10.1 Å². The average molecular weight is 322 g/mol. The normalized spacial score (nSPS) is 16.8. The van der Waals surface area contributed by atoms with E-state index in [0.717, 1.165) is 24.8 Å². The molecule has 1 atom stereocenters. The van der Waals surface area contributed by atoms with Crippen LogP contribution >= 0.6 is 0 Å². The van der Waals surface area contributed by atoms with E-state index in [2.05, 4.69) is 35.4 Å². The summed E-state index contributed by atoms with van der Waals surface area (Å²) < 4.78 is 13.0. The molecule has 1 heterocycles. The Balaban J connectivity index is 1.57. The van der Waals surface area contributed by atoms with Crippen molar-refractivity contribution in [2.45, 2.75) is 26.2 Å². The van der Waals surface area contributed by atoms with Gasteiger partial charge in [0.05, 0.1) is 0 Å². The van der Waals surface area contributed by atoms with Crippen LogP contribution in [0.2, 0.25) is 0 Å². The SMILES string of the molecule is Cc1ccc2[nH]c3c(c2c1)CC(C(=O)Nc1ccc(F)cc1)CC3. The number of rotatable bonds is 2. The highest BCUT2D eigenvalue weighted by atomic mass is 19.1. The number of hydrogen-bond acceptors (Lipinski definition) is 1. The third-order valence-corrected chi connectivity index (χ3v) is 4.83. The van der Waals surface area contributed by atoms with Gasteiger partial charge in [-0.3, -0.25) is 4.79 Å². The van der Waals surface area contributed by atoms with E-state index in [9.17, 15) is 9.18 Å². The van der Waals surface area contributed by atoms with Gasteiger partial charge in [0.1, 0.15) is 5.82 Å². The van der Waals surface area contributed by atoms with Gasteiger partial charge in [-0.25, -0.2) is 4.39 Å². The van der Waals surface area contributed by atoms with Crippen LogP contribution in [-0.4, -0.2) is 10.9 Å². The number of carbonyl (C=O) groups excluding carboxylic acids is 1. The number of fused-ring (bicyclic) bond motifs is 3. The second-order valence-corrected chi connectivity index (χ2v) is 6.57. The molecule has 1 aliphatic rings. The highest BCUT2D eigenvalue weighted by molar-refractivity contribution is 5.94. The van der Waals surface area contributed by atoms with Crippen LogP contribution < -0.4 is 5.32 Å². The summed E-state index contributed by atoms with van der Waals surface area (Å²) >= 11 is 0. The number of halogens is 1. The van der Waals surface area contributed by atoms with Gasteiger partial charge >= 0.3 is 0 Å². The van der Waals surface area contributed by atoms with Crippen molar-refractivity contribution in [3.8, 4) is 0 Å². The summed E-state index contributed by atoms with van der Waals surface area (Å²) in [7, 11) is 0. The quantitative estimate of drug-likeness (QED) is 0.723. The molecular weight excluding hydrogens is 303 g/mol. The van der Waals surface area contributed by atoms with E-state index in [1.54, 1.807) is 12.1 Å². The number of amides is 1. The molecule has 0 bridgehead atoms. The second-order valence-electron chi connectivity index (χ2n) is 6.57. The van der Waals surface area contributed by atoms with Gasteiger partial charge in [-0.15, -0.1) is 0 Å². The first-order chi connectivity index (χ1) is 11.6. The summed E-state index contributed by atoms with van der Waals surface area (Å²) in [5, 5.41) is 4.13. The molecule has 1 amide bonds. The number of nitrogens with one attached hydrogen (secondary N) is 2. The molecular formula is C20H19FN2O. The fourth-order valence-corrected chi connectivity index (χ4v) is 3.53. The Hall–Kier alpha value is -2.62. The smallest absolute Gasteiger partial charge is 0.227 e. The van der Waals surface area contributed by atoms with Crippen LogP contribution in [-0.2, 0) is 17.6 Å². The topological polar surface area (TPSA) is 44.9 Å². The fraction of sp³-hybridized carbons (Fsp3) is 0.250. The molecule has 0 spiro atoms. The van der Waals surface area contributed by atoms with Crippen molar-refractivity contribution in [1.29, 1.82) is 0 Å². The van der Waals surface area contributed by atoms with E-state index in [0.29, 0.717) is 5.69 Å². The van der Waals surface area contributed by atoms with E-state index >= 15 is 0 Å². The molecule has 1 unspecified atom stereocenters. The van der Waals surface area contributed by atoms with Gasteiger partial charge in [-0.05, 0) is 68.1 Å². The van der Waals surface area contributed by atoms with Gasteiger partial charge in [0.2, 0.25) is 5.91 Å². The van der Waals surface area contributed by atoms with Crippen LogP contribution in [0.1, 0.15) is 23.2 Å². The highest BCUT2D eigenvalue weighted by Crippen LogP contribution is 2.32. The van der Waals surface area contributed by atoms with Gasteiger partial charge in [-0.2, -0.15) is 0 Å².